The summed E-state index contributed by atoms with van der Waals surface area (Å²) in [5.41, 5.74) is 0.961. The van der Waals surface area contributed by atoms with E-state index in [2.05, 4.69) is 10.3 Å². The lowest BCUT2D eigenvalue weighted by molar-refractivity contribution is 0.945. The molecule has 0 saturated heterocycles. The molecule has 4 heteroatoms. The molecular formula is C6H8N4. The highest BCUT2D eigenvalue weighted by Crippen LogP contribution is 2.24. The first-order valence-electron chi connectivity index (χ1n) is 3.09. The molecule has 0 amide bonds. The van der Waals surface area contributed by atoms with Gasteiger partial charge in [-0.15, -0.1) is 0 Å². The number of nitrogens with zero attached hydrogens (tertiary/aromatic N) is 2. The summed E-state index contributed by atoms with van der Waals surface area (Å²) in [6, 6.07) is 3.80. The number of nitrogens with one attached hydrogen (secondary N) is 1. The van der Waals surface area contributed by atoms with E-state index < -0.39 is 0 Å². The summed E-state index contributed by atoms with van der Waals surface area (Å²) < 4.78 is 0. The van der Waals surface area contributed by atoms with Crippen molar-refractivity contribution >= 4 is 11.5 Å². The monoisotopic (exact) mass is 136 g/mol. The van der Waals surface area contributed by atoms with Crippen LogP contribution in [0.1, 0.15) is 0 Å². The van der Waals surface area contributed by atoms with E-state index in [0.29, 0.717) is 6.67 Å². The van der Waals surface area contributed by atoms with Gasteiger partial charge in [-0.1, -0.05) is 0 Å². The molecule has 0 radical (unpaired) electrons. The van der Waals surface area contributed by atoms with Gasteiger partial charge in [0.1, 0.15) is 6.67 Å². The second-order valence-electron chi connectivity index (χ2n) is 2.18. The Kier molecular flexibility index (Phi) is 1.01. The third-order valence-corrected chi connectivity index (χ3v) is 1.51. The van der Waals surface area contributed by atoms with Crippen molar-refractivity contribution in [1.29, 1.82) is 0 Å². The lowest BCUT2D eigenvalue weighted by Crippen LogP contribution is -2.29. The van der Waals surface area contributed by atoms with Crippen LogP contribution in [-0.2, 0) is 0 Å². The van der Waals surface area contributed by atoms with Crippen molar-refractivity contribution < 1.29 is 0 Å². The molecule has 1 aliphatic heterocycles. The first kappa shape index (κ1) is 5.49. The van der Waals surface area contributed by atoms with Gasteiger partial charge in [0.25, 0.3) is 0 Å². The number of pyridine rings is 1. The van der Waals surface area contributed by atoms with E-state index in [1.165, 1.54) is 0 Å². The minimum atomic E-state index is 0.645. The molecule has 3 N–H and O–H groups in total. The summed E-state index contributed by atoms with van der Waals surface area (Å²) in [5.74, 6) is 6.44. The van der Waals surface area contributed by atoms with Crippen LogP contribution in [0.15, 0.2) is 18.3 Å². The summed E-state index contributed by atoms with van der Waals surface area (Å²) in [7, 11) is 0. The second-order valence-corrected chi connectivity index (χ2v) is 2.18. The van der Waals surface area contributed by atoms with Crippen LogP contribution >= 0.6 is 0 Å². The quantitative estimate of drug-likeness (QED) is 0.498. The topological polar surface area (TPSA) is 54.2 Å². The lowest BCUT2D eigenvalue weighted by atomic mass is 10.4. The summed E-state index contributed by atoms with van der Waals surface area (Å²) in [6.45, 7) is 0.645. The van der Waals surface area contributed by atoms with Crippen LogP contribution in [0.5, 0.6) is 0 Å². The van der Waals surface area contributed by atoms with Gasteiger partial charge < -0.3 is 5.32 Å². The molecule has 0 aromatic carbocycles. The molecule has 4 nitrogen and oxygen atoms in total. The zero-order chi connectivity index (χ0) is 6.97. The molecule has 52 valence electrons. The van der Waals surface area contributed by atoms with Crippen LogP contribution in [0.25, 0.3) is 0 Å². The highest BCUT2D eigenvalue weighted by Gasteiger charge is 2.14. The Morgan fingerprint density at radius 1 is 1.70 bits per heavy atom. The zero-order valence-electron chi connectivity index (χ0n) is 5.41. The zero-order valence-corrected chi connectivity index (χ0v) is 5.41. The van der Waals surface area contributed by atoms with Crippen molar-refractivity contribution in [1.82, 2.24) is 4.98 Å². The maximum absolute atomic E-state index is 5.58. The minimum Gasteiger partial charge on any atom is -0.350 e. The van der Waals surface area contributed by atoms with Gasteiger partial charge in [0, 0.05) is 6.20 Å². The molecule has 0 spiro atoms. The third-order valence-electron chi connectivity index (χ3n) is 1.51. The van der Waals surface area contributed by atoms with Crippen LogP contribution < -0.4 is 16.2 Å². The Morgan fingerprint density at radius 2 is 2.60 bits per heavy atom. The highest BCUT2D eigenvalue weighted by atomic mass is 15.5. The third kappa shape index (κ3) is 0.625. The summed E-state index contributed by atoms with van der Waals surface area (Å²) in [5, 5.41) is 4.67. The smallest absolute Gasteiger partial charge is 0.152 e. The maximum atomic E-state index is 5.58. The standard InChI is InChI=1S/C6H8N4/c7-10-4-9-6-5(10)2-1-3-8-6/h1-3H,4,7H2,(H,8,9). The molecule has 0 saturated carbocycles. The van der Waals surface area contributed by atoms with Gasteiger partial charge >= 0.3 is 0 Å². The van der Waals surface area contributed by atoms with Crippen molar-refractivity contribution in [3.05, 3.63) is 18.3 Å². The van der Waals surface area contributed by atoms with Gasteiger partial charge in [0.2, 0.25) is 0 Å². The van der Waals surface area contributed by atoms with E-state index in [4.69, 9.17) is 5.84 Å². The van der Waals surface area contributed by atoms with E-state index in [-0.39, 0.29) is 0 Å². The molecule has 10 heavy (non-hydrogen) atoms. The molecule has 0 bridgehead atoms. The largest absolute Gasteiger partial charge is 0.350 e. The van der Waals surface area contributed by atoms with E-state index in [0.717, 1.165) is 11.5 Å². The maximum Gasteiger partial charge on any atom is 0.152 e. The van der Waals surface area contributed by atoms with E-state index in [1.807, 2.05) is 12.1 Å². The Hall–Kier alpha value is -1.29. The molecule has 0 fully saturated rings. The lowest BCUT2D eigenvalue weighted by Gasteiger charge is -2.07. The Balaban J connectivity index is 2.51. The van der Waals surface area contributed by atoms with Crippen LogP contribution in [0.4, 0.5) is 11.5 Å². The average molecular weight is 136 g/mol. The van der Waals surface area contributed by atoms with Crippen molar-refractivity contribution in [2.45, 2.75) is 0 Å². The fourth-order valence-corrected chi connectivity index (χ4v) is 1.01. The molecular weight excluding hydrogens is 128 g/mol. The van der Waals surface area contributed by atoms with Crippen molar-refractivity contribution in [3.8, 4) is 0 Å². The van der Waals surface area contributed by atoms with E-state index in [9.17, 15) is 0 Å². The molecule has 1 aromatic rings. The normalized spacial score (nSPS) is 14.7. The Labute approximate surface area is 58.6 Å². The predicted octanol–water partition coefficient (Wildman–Crippen LogP) is 0.145. The number of anilines is 2. The Morgan fingerprint density at radius 3 is 3.40 bits per heavy atom. The second kappa shape index (κ2) is 1.85. The van der Waals surface area contributed by atoms with Gasteiger partial charge in [0.05, 0.1) is 5.69 Å². The number of nitrogens with two attached hydrogens (primary N) is 1. The molecule has 0 unspecified atom stereocenters. The van der Waals surface area contributed by atoms with Crippen LogP contribution in [0.2, 0.25) is 0 Å². The summed E-state index contributed by atoms with van der Waals surface area (Å²) in [4.78, 5) is 4.08. The van der Waals surface area contributed by atoms with E-state index in [1.54, 1.807) is 11.2 Å². The molecule has 2 rings (SSSR count). The predicted molar refractivity (Wildman–Crippen MR) is 39.4 cm³/mol. The van der Waals surface area contributed by atoms with Gasteiger partial charge in [-0.3, -0.25) is 5.01 Å². The SMILES string of the molecule is NN1CNc2ncccc21. The molecule has 0 aliphatic carbocycles. The first-order chi connectivity index (χ1) is 4.88. The van der Waals surface area contributed by atoms with Crippen LogP contribution in [0, 0.1) is 0 Å². The number of hydrogen-bond donors (Lipinski definition) is 2. The van der Waals surface area contributed by atoms with Crippen molar-refractivity contribution in [3.63, 3.8) is 0 Å². The summed E-state index contributed by atoms with van der Waals surface area (Å²) >= 11 is 0. The molecule has 1 aromatic heterocycles. The molecule has 1 aliphatic rings. The number of hydrogen-bond acceptors (Lipinski definition) is 4. The van der Waals surface area contributed by atoms with Crippen molar-refractivity contribution in [2.75, 3.05) is 17.0 Å². The number of rotatable bonds is 0. The van der Waals surface area contributed by atoms with Gasteiger partial charge in [0.15, 0.2) is 5.82 Å². The van der Waals surface area contributed by atoms with Crippen molar-refractivity contribution in [2.24, 2.45) is 5.84 Å². The average Bonchev–Trinajstić information content (AvgIpc) is 2.34. The van der Waals surface area contributed by atoms with Gasteiger partial charge in [-0.05, 0) is 12.1 Å². The fraction of sp³-hybridized carbons (Fsp3) is 0.167. The van der Waals surface area contributed by atoms with Gasteiger partial charge in [-0.25, -0.2) is 10.8 Å². The van der Waals surface area contributed by atoms with E-state index >= 15 is 0 Å². The fourth-order valence-electron chi connectivity index (χ4n) is 1.01. The van der Waals surface area contributed by atoms with Crippen LogP contribution in [0.3, 0.4) is 0 Å². The number of hydrazine groups is 1. The minimum absolute atomic E-state index is 0.645. The number of aromatic nitrogens is 1. The highest BCUT2D eigenvalue weighted by molar-refractivity contribution is 5.69. The summed E-state index contributed by atoms with van der Waals surface area (Å²) in [6.07, 6.45) is 1.74. The number of fused-ring (bicyclic) bond motifs is 1. The first-order valence-corrected chi connectivity index (χ1v) is 3.09. The van der Waals surface area contributed by atoms with Gasteiger partial charge in [-0.2, -0.15) is 0 Å². The Bertz CT molecular complexity index is 247. The molecule has 0 atom stereocenters. The van der Waals surface area contributed by atoms with Crippen LogP contribution in [-0.4, -0.2) is 11.7 Å². The molecule has 2 heterocycles.